The Hall–Kier alpha value is -1.70. The van der Waals surface area contributed by atoms with Crippen LogP contribution in [-0.2, 0) is 9.53 Å². The first-order chi connectivity index (χ1) is 7.04. The van der Waals surface area contributed by atoms with Gasteiger partial charge in [0.25, 0.3) is 5.56 Å². The predicted molar refractivity (Wildman–Crippen MR) is 55.1 cm³/mol. The number of esters is 1. The second kappa shape index (κ2) is 4.69. The van der Waals surface area contributed by atoms with Gasteiger partial charge in [0.1, 0.15) is 6.04 Å². The van der Waals surface area contributed by atoms with Gasteiger partial charge in [0.05, 0.1) is 7.11 Å². The van der Waals surface area contributed by atoms with Crippen molar-refractivity contribution in [3.05, 3.63) is 15.1 Å². The molecule has 1 rings (SSSR count). The molecule has 0 aromatic carbocycles. The molecule has 0 radical (unpaired) electrons. The molecule has 82 valence electrons. The third kappa shape index (κ3) is 2.88. The average molecular weight is 230 g/mol. The van der Waals surface area contributed by atoms with Crippen LogP contribution in [0.25, 0.3) is 0 Å². The van der Waals surface area contributed by atoms with Crippen LogP contribution in [0.3, 0.4) is 0 Å². The molecule has 0 amide bonds. The Balaban J connectivity index is 2.86. The fourth-order valence-corrected chi connectivity index (χ4v) is 1.02. The number of nitrogens with one attached hydrogen (secondary N) is 3. The average Bonchev–Trinajstić information content (AvgIpc) is 2.20. The van der Waals surface area contributed by atoms with Crippen molar-refractivity contribution in [1.29, 1.82) is 0 Å². The third-order valence-corrected chi connectivity index (χ3v) is 1.81. The summed E-state index contributed by atoms with van der Waals surface area (Å²) in [5.74, 6) is -0.500. The van der Waals surface area contributed by atoms with Gasteiger partial charge in [0.2, 0.25) is 5.82 Å². The fourth-order valence-electron chi connectivity index (χ4n) is 0.886. The molecule has 0 saturated carbocycles. The van der Waals surface area contributed by atoms with E-state index in [1.165, 1.54) is 7.11 Å². The lowest BCUT2D eigenvalue weighted by atomic mass is 10.3. The van der Waals surface area contributed by atoms with Gasteiger partial charge in [-0.15, -0.1) is 5.10 Å². The summed E-state index contributed by atoms with van der Waals surface area (Å²) in [6.45, 7) is 1.55. The largest absolute Gasteiger partial charge is 0.467 e. The molecule has 1 aromatic rings. The van der Waals surface area contributed by atoms with E-state index in [2.05, 4.69) is 37.5 Å². The van der Waals surface area contributed by atoms with Crippen molar-refractivity contribution in [2.24, 2.45) is 0 Å². The number of hydrogen-bond acceptors (Lipinski definition) is 6. The second-order valence-electron chi connectivity index (χ2n) is 2.74. The Morgan fingerprint density at radius 2 is 2.33 bits per heavy atom. The number of hydrogen-bond donors (Lipinski definition) is 3. The van der Waals surface area contributed by atoms with Crippen molar-refractivity contribution in [3.8, 4) is 0 Å². The summed E-state index contributed by atoms with van der Waals surface area (Å²) in [6.07, 6.45) is 0. The molecule has 3 N–H and O–H groups in total. The van der Waals surface area contributed by atoms with Gasteiger partial charge in [0, 0.05) is 0 Å². The van der Waals surface area contributed by atoms with Crippen molar-refractivity contribution < 1.29 is 9.53 Å². The van der Waals surface area contributed by atoms with Crippen LogP contribution in [-0.4, -0.2) is 34.3 Å². The number of aromatic nitrogens is 3. The van der Waals surface area contributed by atoms with Crippen LogP contribution < -0.4 is 10.9 Å². The minimum absolute atomic E-state index is 0.0125. The van der Waals surface area contributed by atoms with Crippen LogP contribution >= 0.6 is 12.2 Å². The number of H-pyrrole nitrogens is 2. The maximum absolute atomic E-state index is 11.3. The van der Waals surface area contributed by atoms with Crippen LogP contribution in [0, 0.1) is 4.77 Å². The monoisotopic (exact) mass is 230 g/mol. The van der Waals surface area contributed by atoms with Crippen molar-refractivity contribution >= 4 is 24.0 Å². The number of carbonyl (C=O) groups is 1. The van der Waals surface area contributed by atoms with Crippen molar-refractivity contribution in [1.82, 2.24) is 15.2 Å². The molecular weight excluding hydrogens is 220 g/mol. The first-order valence-corrected chi connectivity index (χ1v) is 4.48. The third-order valence-electron chi connectivity index (χ3n) is 1.62. The molecule has 0 bridgehead atoms. The fraction of sp³-hybridized carbons (Fsp3) is 0.429. The van der Waals surface area contributed by atoms with E-state index in [1.54, 1.807) is 6.92 Å². The van der Waals surface area contributed by atoms with E-state index in [-0.39, 0.29) is 10.6 Å². The van der Waals surface area contributed by atoms with E-state index in [1.807, 2.05) is 0 Å². The standard InChI is InChI=1S/C7H10N4O3S/c1-3(6(13)14-2)8-4-5(12)9-7(15)11-10-4/h3H,1-2H3,(H,8,10)(H2,9,11,12,15)/t3-/m1/s1. The molecule has 0 unspecified atom stereocenters. The van der Waals surface area contributed by atoms with Crippen LogP contribution in [0.5, 0.6) is 0 Å². The van der Waals surface area contributed by atoms with Crippen LogP contribution in [0.15, 0.2) is 4.79 Å². The number of methoxy groups -OCH3 is 1. The molecular formula is C7H10N4O3S. The highest BCUT2D eigenvalue weighted by molar-refractivity contribution is 7.71. The maximum atomic E-state index is 11.3. The van der Waals surface area contributed by atoms with Crippen LogP contribution in [0.2, 0.25) is 0 Å². The summed E-state index contributed by atoms with van der Waals surface area (Å²) >= 11 is 4.65. The molecule has 0 fully saturated rings. The molecule has 8 heteroatoms. The highest BCUT2D eigenvalue weighted by Crippen LogP contribution is 1.95. The summed E-state index contributed by atoms with van der Waals surface area (Å²) in [5.41, 5.74) is -0.491. The van der Waals surface area contributed by atoms with E-state index >= 15 is 0 Å². The van der Waals surface area contributed by atoms with Crippen molar-refractivity contribution in [2.75, 3.05) is 12.4 Å². The molecule has 1 aromatic heterocycles. The normalized spacial score (nSPS) is 11.9. The molecule has 0 aliphatic carbocycles. The summed E-state index contributed by atoms with van der Waals surface area (Å²) in [7, 11) is 1.26. The zero-order valence-corrected chi connectivity index (χ0v) is 8.97. The molecule has 1 heterocycles. The Kier molecular flexibility index (Phi) is 3.56. The summed E-state index contributed by atoms with van der Waals surface area (Å²) in [4.78, 5) is 24.6. The lowest BCUT2D eigenvalue weighted by Gasteiger charge is -2.10. The van der Waals surface area contributed by atoms with Gasteiger partial charge in [-0.05, 0) is 19.1 Å². The second-order valence-corrected chi connectivity index (χ2v) is 3.15. The van der Waals surface area contributed by atoms with Gasteiger partial charge in [-0.2, -0.15) is 0 Å². The molecule has 0 saturated heterocycles. The zero-order chi connectivity index (χ0) is 11.4. The molecule has 15 heavy (non-hydrogen) atoms. The zero-order valence-electron chi connectivity index (χ0n) is 8.16. The van der Waals surface area contributed by atoms with E-state index in [0.29, 0.717) is 0 Å². The first-order valence-electron chi connectivity index (χ1n) is 4.08. The quantitative estimate of drug-likeness (QED) is 0.491. The number of nitrogens with zero attached hydrogens (tertiary/aromatic N) is 1. The summed E-state index contributed by atoms with van der Waals surface area (Å²) in [5, 5.41) is 8.62. The van der Waals surface area contributed by atoms with E-state index in [4.69, 9.17) is 0 Å². The SMILES string of the molecule is COC(=O)[C@@H](C)Nc1n[nH]c(=S)[nH]c1=O. The van der Waals surface area contributed by atoms with Crippen molar-refractivity contribution in [3.63, 3.8) is 0 Å². The van der Waals surface area contributed by atoms with Gasteiger partial charge >= 0.3 is 5.97 Å². The first kappa shape index (κ1) is 11.4. The molecule has 0 aliphatic heterocycles. The minimum Gasteiger partial charge on any atom is -0.467 e. The lowest BCUT2D eigenvalue weighted by molar-refractivity contribution is -0.141. The number of carbonyl (C=O) groups excluding carboxylic acids is 1. The van der Waals surface area contributed by atoms with E-state index in [9.17, 15) is 9.59 Å². The van der Waals surface area contributed by atoms with Gasteiger partial charge in [-0.3, -0.25) is 14.9 Å². The highest BCUT2D eigenvalue weighted by Gasteiger charge is 2.14. The lowest BCUT2D eigenvalue weighted by Crippen LogP contribution is -2.31. The van der Waals surface area contributed by atoms with E-state index < -0.39 is 17.6 Å². The molecule has 0 aliphatic rings. The summed E-state index contributed by atoms with van der Waals surface area (Å²) in [6, 6.07) is -0.659. The van der Waals surface area contributed by atoms with Gasteiger partial charge < -0.3 is 10.1 Å². The topological polar surface area (TPSA) is 99.9 Å². The molecule has 7 nitrogen and oxygen atoms in total. The Bertz CT molecular complexity index is 466. The molecule has 1 atom stereocenters. The van der Waals surface area contributed by atoms with Crippen LogP contribution in [0.1, 0.15) is 6.92 Å². The van der Waals surface area contributed by atoms with Gasteiger partial charge in [-0.1, -0.05) is 0 Å². The number of anilines is 1. The highest BCUT2D eigenvalue weighted by atomic mass is 32.1. The van der Waals surface area contributed by atoms with Crippen LogP contribution in [0.4, 0.5) is 5.82 Å². The number of ether oxygens (including phenoxy) is 1. The van der Waals surface area contributed by atoms with Gasteiger partial charge in [-0.25, -0.2) is 4.79 Å². The minimum atomic E-state index is -0.659. The van der Waals surface area contributed by atoms with Gasteiger partial charge in [0.15, 0.2) is 4.77 Å². The smallest absolute Gasteiger partial charge is 0.328 e. The number of rotatable bonds is 3. The maximum Gasteiger partial charge on any atom is 0.328 e. The summed E-state index contributed by atoms with van der Waals surface area (Å²) < 4.78 is 4.60. The van der Waals surface area contributed by atoms with E-state index in [0.717, 1.165) is 0 Å². The Labute approximate surface area is 89.9 Å². The predicted octanol–water partition coefficient (Wildman–Crippen LogP) is -0.199. The molecule has 0 spiro atoms. The number of aromatic amines is 2. The van der Waals surface area contributed by atoms with Crippen molar-refractivity contribution in [2.45, 2.75) is 13.0 Å². The Morgan fingerprint density at radius 3 is 2.87 bits per heavy atom. The Morgan fingerprint density at radius 1 is 1.67 bits per heavy atom.